The quantitative estimate of drug-likeness (QED) is 0.366. The minimum Gasteiger partial charge on any atom is -0.466 e. The molecule has 0 unspecified atom stereocenters. The van der Waals surface area contributed by atoms with Crippen molar-refractivity contribution in [1.29, 1.82) is 0 Å². The molecule has 0 saturated carbocycles. The van der Waals surface area contributed by atoms with Crippen molar-refractivity contribution in [3.05, 3.63) is 42.1 Å². The SMILES string of the molecule is CCOC(=O)C1CCN(C=C2C(=O)NC(=S)N(c3ccccc3)C2=O)CC1. The monoisotopic (exact) mass is 387 g/mol. The third kappa shape index (κ3) is 4.16. The molecule has 2 amide bonds. The van der Waals surface area contributed by atoms with Gasteiger partial charge in [0.2, 0.25) is 0 Å². The maximum atomic E-state index is 12.9. The Labute approximate surface area is 163 Å². The van der Waals surface area contributed by atoms with Gasteiger partial charge in [0.15, 0.2) is 5.11 Å². The van der Waals surface area contributed by atoms with Crippen LogP contribution in [0.25, 0.3) is 0 Å². The standard InChI is InChI=1S/C19H21N3O4S/c1-2-26-18(25)13-8-10-21(11-9-13)12-15-16(23)20-19(27)22(17(15)24)14-6-4-3-5-7-14/h3-7,12-13H,2,8-11H2,1H3,(H,20,23,27). The second kappa shape index (κ2) is 8.30. The summed E-state index contributed by atoms with van der Waals surface area (Å²) in [6.07, 6.45) is 2.81. The van der Waals surface area contributed by atoms with Gasteiger partial charge in [-0.2, -0.15) is 0 Å². The largest absolute Gasteiger partial charge is 0.466 e. The Morgan fingerprint density at radius 2 is 1.93 bits per heavy atom. The molecule has 1 N–H and O–H groups in total. The molecular formula is C19H21N3O4S. The van der Waals surface area contributed by atoms with Crippen molar-refractivity contribution in [2.24, 2.45) is 5.92 Å². The number of carbonyl (C=O) groups is 3. The first-order valence-corrected chi connectivity index (χ1v) is 9.29. The van der Waals surface area contributed by atoms with E-state index in [1.165, 1.54) is 4.90 Å². The van der Waals surface area contributed by atoms with E-state index in [4.69, 9.17) is 17.0 Å². The summed E-state index contributed by atoms with van der Waals surface area (Å²) >= 11 is 5.17. The Kier molecular flexibility index (Phi) is 5.85. The van der Waals surface area contributed by atoms with Gasteiger partial charge < -0.3 is 9.64 Å². The van der Waals surface area contributed by atoms with Crippen LogP contribution < -0.4 is 10.2 Å². The molecule has 142 valence electrons. The number of ether oxygens (including phenoxy) is 1. The lowest BCUT2D eigenvalue weighted by atomic mass is 9.97. The third-order valence-electron chi connectivity index (χ3n) is 4.58. The van der Waals surface area contributed by atoms with E-state index in [1.54, 1.807) is 37.4 Å². The zero-order chi connectivity index (χ0) is 19.4. The molecule has 0 aliphatic carbocycles. The van der Waals surface area contributed by atoms with Crippen LogP contribution in [-0.2, 0) is 19.1 Å². The molecule has 0 bridgehead atoms. The Morgan fingerprint density at radius 3 is 2.56 bits per heavy atom. The summed E-state index contributed by atoms with van der Waals surface area (Å²) in [5.41, 5.74) is 0.626. The number of thiocarbonyl (C=S) groups is 1. The number of anilines is 1. The van der Waals surface area contributed by atoms with E-state index in [-0.39, 0.29) is 22.6 Å². The first-order valence-electron chi connectivity index (χ1n) is 8.88. The molecule has 0 spiro atoms. The van der Waals surface area contributed by atoms with Crippen LogP contribution >= 0.6 is 12.2 Å². The van der Waals surface area contributed by atoms with Crippen molar-refractivity contribution in [3.8, 4) is 0 Å². The highest BCUT2D eigenvalue weighted by Crippen LogP contribution is 2.23. The van der Waals surface area contributed by atoms with Gasteiger partial charge in [-0.25, -0.2) is 0 Å². The molecule has 3 rings (SSSR count). The molecular weight excluding hydrogens is 366 g/mol. The number of carbonyl (C=O) groups excluding carboxylic acids is 3. The second-order valence-corrected chi connectivity index (χ2v) is 6.73. The average Bonchev–Trinajstić information content (AvgIpc) is 2.66. The van der Waals surface area contributed by atoms with Crippen LogP contribution in [0.5, 0.6) is 0 Å². The predicted molar refractivity (Wildman–Crippen MR) is 104 cm³/mol. The summed E-state index contributed by atoms with van der Waals surface area (Å²) in [5.74, 6) is -1.28. The maximum absolute atomic E-state index is 12.9. The maximum Gasteiger partial charge on any atom is 0.309 e. The Balaban J connectivity index is 1.74. The third-order valence-corrected chi connectivity index (χ3v) is 4.86. The molecule has 0 atom stereocenters. The van der Waals surface area contributed by atoms with E-state index in [9.17, 15) is 14.4 Å². The molecule has 1 aromatic carbocycles. The van der Waals surface area contributed by atoms with Gasteiger partial charge in [-0.3, -0.25) is 24.6 Å². The van der Waals surface area contributed by atoms with E-state index in [0.717, 1.165) is 0 Å². The van der Waals surface area contributed by atoms with Gasteiger partial charge in [0.1, 0.15) is 5.57 Å². The Morgan fingerprint density at radius 1 is 1.26 bits per heavy atom. The summed E-state index contributed by atoms with van der Waals surface area (Å²) in [5, 5.41) is 2.63. The molecule has 2 aliphatic heterocycles. The predicted octanol–water partition coefficient (Wildman–Crippen LogP) is 1.59. The van der Waals surface area contributed by atoms with Crippen LogP contribution in [0.15, 0.2) is 42.1 Å². The molecule has 7 nitrogen and oxygen atoms in total. The van der Waals surface area contributed by atoms with Gasteiger partial charge in [0.25, 0.3) is 11.8 Å². The zero-order valence-electron chi connectivity index (χ0n) is 15.0. The fraction of sp³-hybridized carbons (Fsp3) is 0.368. The molecule has 1 aromatic rings. The minimum atomic E-state index is -0.510. The van der Waals surface area contributed by atoms with Crippen LogP contribution in [0.4, 0.5) is 5.69 Å². The number of benzene rings is 1. The van der Waals surface area contributed by atoms with E-state index < -0.39 is 11.8 Å². The number of para-hydroxylation sites is 1. The number of piperidine rings is 1. The molecule has 27 heavy (non-hydrogen) atoms. The summed E-state index contributed by atoms with van der Waals surface area (Å²) < 4.78 is 5.06. The number of hydrogen-bond donors (Lipinski definition) is 1. The molecule has 0 radical (unpaired) electrons. The summed E-state index contributed by atoms with van der Waals surface area (Å²) in [7, 11) is 0. The topological polar surface area (TPSA) is 79.0 Å². The van der Waals surface area contributed by atoms with Crippen LogP contribution in [-0.4, -0.2) is 47.5 Å². The number of esters is 1. The van der Waals surface area contributed by atoms with Crippen molar-refractivity contribution in [1.82, 2.24) is 10.2 Å². The van der Waals surface area contributed by atoms with Gasteiger partial charge in [0, 0.05) is 19.3 Å². The van der Waals surface area contributed by atoms with Crippen molar-refractivity contribution in [3.63, 3.8) is 0 Å². The fourth-order valence-electron chi connectivity index (χ4n) is 3.16. The van der Waals surface area contributed by atoms with Crippen molar-refractivity contribution in [2.45, 2.75) is 19.8 Å². The number of nitrogens with zero attached hydrogens (tertiary/aromatic N) is 2. The average molecular weight is 387 g/mol. The number of nitrogens with one attached hydrogen (secondary N) is 1. The summed E-state index contributed by atoms with van der Waals surface area (Å²) in [4.78, 5) is 40.2. The summed E-state index contributed by atoms with van der Waals surface area (Å²) in [6.45, 7) is 3.30. The fourth-order valence-corrected chi connectivity index (χ4v) is 3.44. The lowest BCUT2D eigenvalue weighted by Gasteiger charge is -2.33. The zero-order valence-corrected chi connectivity index (χ0v) is 15.8. The van der Waals surface area contributed by atoms with E-state index >= 15 is 0 Å². The smallest absolute Gasteiger partial charge is 0.309 e. The summed E-state index contributed by atoms with van der Waals surface area (Å²) in [6, 6.07) is 8.94. The van der Waals surface area contributed by atoms with Crippen molar-refractivity contribution >= 4 is 40.8 Å². The first-order chi connectivity index (χ1) is 13.0. The second-order valence-electron chi connectivity index (χ2n) is 6.34. The highest BCUT2D eigenvalue weighted by molar-refractivity contribution is 7.80. The molecule has 2 heterocycles. The van der Waals surface area contributed by atoms with Gasteiger partial charge in [-0.15, -0.1) is 0 Å². The Bertz CT molecular complexity index is 785. The van der Waals surface area contributed by atoms with Gasteiger partial charge in [-0.05, 0) is 44.1 Å². The van der Waals surface area contributed by atoms with Crippen molar-refractivity contribution < 1.29 is 19.1 Å². The Hall–Kier alpha value is -2.74. The lowest BCUT2D eigenvalue weighted by Crippen LogP contribution is -2.54. The number of likely N-dealkylation sites (tertiary alicyclic amines) is 1. The van der Waals surface area contributed by atoms with E-state index in [2.05, 4.69) is 5.32 Å². The van der Waals surface area contributed by atoms with E-state index in [1.807, 2.05) is 11.0 Å². The molecule has 8 heteroatoms. The number of amides is 2. The molecule has 2 fully saturated rings. The molecule has 2 saturated heterocycles. The van der Waals surface area contributed by atoms with Gasteiger partial charge >= 0.3 is 5.97 Å². The number of rotatable bonds is 4. The van der Waals surface area contributed by atoms with Gasteiger partial charge in [0.05, 0.1) is 18.2 Å². The van der Waals surface area contributed by atoms with Crippen molar-refractivity contribution in [2.75, 3.05) is 24.6 Å². The highest BCUT2D eigenvalue weighted by Gasteiger charge is 2.35. The van der Waals surface area contributed by atoms with Crippen LogP contribution in [0, 0.1) is 5.92 Å². The normalized spacial score (nSPS) is 20.0. The number of hydrogen-bond acceptors (Lipinski definition) is 6. The van der Waals surface area contributed by atoms with Gasteiger partial charge in [-0.1, -0.05) is 18.2 Å². The first kappa shape index (κ1) is 19.0. The highest BCUT2D eigenvalue weighted by atomic mass is 32.1. The lowest BCUT2D eigenvalue weighted by molar-refractivity contribution is -0.149. The van der Waals surface area contributed by atoms with Crippen LogP contribution in [0.3, 0.4) is 0 Å². The molecule has 2 aliphatic rings. The minimum absolute atomic E-state index is 0.0297. The van der Waals surface area contributed by atoms with Crippen LogP contribution in [0.2, 0.25) is 0 Å². The van der Waals surface area contributed by atoms with Crippen LogP contribution in [0.1, 0.15) is 19.8 Å². The van der Waals surface area contributed by atoms with E-state index in [0.29, 0.717) is 38.2 Å². The molecule has 0 aromatic heterocycles.